The van der Waals surface area contributed by atoms with E-state index in [4.69, 9.17) is 4.74 Å². The predicted octanol–water partition coefficient (Wildman–Crippen LogP) is 2.11. The van der Waals surface area contributed by atoms with Gasteiger partial charge in [0.1, 0.15) is 0 Å². The molecule has 0 saturated carbocycles. The van der Waals surface area contributed by atoms with Gasteiger partial charge in [-0.25, -0.2) is 4.79 Å². The van der Waals surface area contributed by atoms with E-state index in [1.54, 1.807) is 13.8 Å². The van der Waals surface area contributed by atoms with Gasteiger partial charge in [-0.1, -0.05) is 18.2 Å². The van der Waals surface area contributed by atoms with Gasteiger partial charge in [0.25, 0.3) is 0 Å². The van der Waals surface area contributed by atoms with Gasteiger partial charge in [-0.2, -0.15) is 10.2 Å². The Hall–Kier alpha value is -1.97. The summed E-state index contributed by atoms with van der Waals surface area (Å²) in [5.74, 6) is -0.342. The third-order valence-corrected chi connectivity index (χ3v) is 2.32. The molecule has 0 aliphatic heterocycles. The van der Waals surface area contributed by atoms with E-state index in [1.165, 1.54) is 0 Å². The Kier molecular flexibility index (Phi) is 2.81. The number of hydrogen-bond donors (Lipinski definition) is 0. The maximum Gasteiger partial charge on any atom is 0.340 e. The number of ether oxygens (including phenoxy) is 1. The molecule has 0 atom stereocenters. The van der Waals surface area contributed by atoms with Gasteiger partial charge in [0.15, 0.2) is 0 Å². The number of benzene rings is 1. The maximum absolute atomic E-state index is 11.8. The first-order valence-corrected chi connectivity index (χ1v) is 5.13. The molecule has 16 heavy (non-hydrogen) atoms. The molecular weight excluding hydrogens is 204 g/mol. The topological polar surface area (TPSA) is 52.1 Å². The van der Waals surface area contributed by atoms with Crippen molar-refractivity contribution in [3.05, 3.63) is 35.5 Å². The zero-order valence-corrected chi connectivity index (χ0v) is 9.23. The lowest BCUT2D eigenvalue weighted by molar-refractivity contribution is 0.0527. The summed E-state index contributed by atoms with van der Waals surface area (Å²) in [6.45, 7) is 3.89. The standard InChI is InChI=1S/C12H12N2O2/c1-3-16-12(15)11-8(2)13-14-10-7-5-4-6-9(10)11/h4-7H,3H2,1-2H3. The quantitative estimate of drug-likeness (QED) is 0.721. The molecule has 4 heteroatoms. The molecule has 0 aliphatic rings. The van der Waals surface area contributed by atoms with Gasteiger partial charge >= 0.3 is 5.97 Å². The minimum Gasteiger partial charge on any atom is -0.462 e. The minimum absolute atomic E-state index is 0.342. The van der Waals surface area contributed by atoms with Crippen LogP contribution in [0.4, 0.5) is 0 Å². The van der Waals surface area contributed by atoms with E-state index in [-0.39, 0.29) is 5.97 Å². The molecule has 2 aromatic rings. The van der Waals surface area contributed by atoms with Crippen LogP contribution in [0.15, 0.2) is 24.3 Å². The van der Waals surface area contributed by atoms with Crippen LogP contribution < -0.4 is 0 Å². The second-order valence-electron chi connectivity index (χ2n) is 3.40. The fraction of sp³-hybridized carbons (Fsp3) is 0.250. The minimum atomic E-state index is -0.342. The van der Waals surface area contributed by atoms with Crippen molar-refractivity contribution in [3.8, 4) is 0 Å². The molecule has 0 fully saturated rings. The molecule has 1 aromatic carbocycles. The largest absolute Gasteiger partial charge is 0.462 e. The number of esters is 1. The normalized spacial score (nSPS) is 10.4. The number of carbonyl (C=O) groups excluding carboxylic acids is 1. The molecule has 4 nitrogen and oxygen atoms in total. The van der Waals surface area contributed by atoms with Gasteiger partial charge in [-0.3, -0.25) is 0 Å². The third-order valence-electron chi connectivity index (χ3n) is 2.32. The van der Waals surface area contributed by atoms with E-state index >= 15 is 0 Å². The molecule has 0 N–H and O–H groups in total. The highest BCUT2D eigenvalue weighted by molar-refractivity contribution is 6.03. The van der Waals surface area contributed by atoms with Crippen molar-refractivity contribution in [2.45, 2.75) is 13.8 Å². The summed E-state index contributed by atoms with van der Waals surface area (Å²) in [7, 11) is 0. The van der Waals surface area contributed by atoms with Crippen LogP contribution in [-0.4, -0.2) is 22.8 Å². The van der Waals surface area contributed by atoms with Gasteiger partial charge < -0.3 is 4.74 Å². The van der Waals surface area contributed by atoms with Gasteiger partial charge in [-0.15, -0.1) is 0 Å². The Morgan fingerprint density at radius 1 is 1.31 bits per heavy atom. The Bertz CT molecular complexity index is 538. The summed E-state index contributed by atoms with van der Waals surface area (Å²) in [6.07, 6.45) is 0. The van der Waals surface area contributed by atoms with Gasteiger partial charge in [0.05, 0.1) is 23.4 Å². The lowest BCUT2D eigenvalue weighted by Crippen LogP contribution is -2.09. The first kappa shape index (κ1) is 10.5. The van der Waals surface area contributed by atoms with E-state index in [1.807, 2.05) is 24.3 Å². The lowest BCUT2D eigenvalue weighted by Gasteiger charge is -2.07. The number of fused-ring (bicyclic) bond motifs is 1. The summed E-state index contributed by atoms with van der Waals surface area (Å²) >= 11 is 0. The molecule has 1 aromatic heterocycles. The lowest BCUT2D eigenvalue weighted by atomic mass is 10.1. The van der Waals surface area contributed by atoms with Crippen molar-refractivity contribution in [3.63, 3.8) is 0 Å². The zero-order valence-electron chi connectivity index (χ0n) is 9.23. The first-order chi connectivity index (χ1) is 7.74. The highest BCUT2D eigenvalue weighted by atomic mass is 16.5. The fourth-order valence-electron chi connectivity index (χ4n) is 1.61. The highest BCUT2D eigenvalue weighted by Gasteiger charge is 2.15. The molecule has 82 valence electrons. The van der Waals surface area contributed by atoms with Gasteiger partial charge in [0.2, 0.25) is 0 Å². The molecule has 0 saturated heterocycles. The molecule has 0 radical (unpaired) electrons. The van der Waals surface area contributed by atoms with E-state index in [2.05, 4.69) is 10.2 Å². The smallest absolute Gasteiger partial charge is 0.340 e. The highest BCUT2D eigenvalue weighted by Crippen LogP contribution is 2.19. The van der Waals surface area contributed by atoms with Crippen LogP contribution in [0, 0.1) is 6.92 Å². The van der Waals surface area contributed by atoms with Crippen molar-refractivity contribution in [2.75, 3.05) is 6.61 Å². The van der Waals surface area contributed by atoms with Crippen molar-refractivity contribution >= 4 is 16.9 Å². The molecule has 0 spiro atoms. The summed E-state index contributed by atoms with van der Waals surface area (Å²) < 4.78 is 5.01. The maximum atomic E-state index is 11.8. The Morgan fingerprint density at radius 2 is 2.06 bits per heavy atom. The van der Waals surface area contributed by atoms with Crippen LogP contribution in [-0.2, 0) is 4.74 Å². The fourth-order valence-corrected chi connectivity index (χ4v) is 1.61. The number of hydrogen-bond acceptors (Lipinski definition) is 4. The van der Waals surface area contributed by atoms with E-state index < -0.39 is 0 Å². The number of aryl methyl sites for hydroxylation is 1. The summed E-state index contributed by atoms with van der Waals surface area (Å²) in [5.41, 5.74) is 1.81. The Labute approximate surface area is 93.3 Å². The molecule has 0 unspecified atom stereocenters. The second-order valence-corrected chi connectivity index (χ2v) is 3.40. The van der Waals surface area contributed by atoms with Crippen LogP contribution in [0.5, 0.6) is 0 Å². The average Bonchev–Trinajstić information content (AvgIpc) is 2.29. The Morgan fingerprint density at radius 3 is 2.81 bits per heavy atom. The predicted molar refractivity (Wildman–Crippen MR) is 60.2 cm³/mol. The average molecular weight is 216 g/mol. The Balaban J connectivity index is 2.66. The van der Waals surface area contributed by atoms with Crippen molar-refractivity contribution in [2.24, 2.45) is 0 Å². The number of carbonyl (C=O) groups is 1. The number of aromatic nitrogens is 2. The summed E-state index contributed by atoms with van der Waals surface area (Å²) in [4.78, 5) is 11.8. The van der Waals surface area contributed by atoms with E-state index in [0.29, 0.717) is 23.4 Å². The molecular formula is C12H12N2O2. The van der Waals surface area contributed by atoms with Crippen LogP contribution in [0.1, 0.15) is 23.0 Å². The zero-order chi connectivity index (χ0) is 11.5. The van der Waals surface area contributed by atoms with Crippen molar-refractivity contribution in [1.29, 1.82) is 0 Å². The summed E-state index contributed by atoms with van der Waals surface area (Å²) in [6, 6.07) is 7.40. The van der Waals surface area contributed by atoms with E-state index in [9.17, 15) is 4.79 Å². The van der Waals surface area contributed by atoms with Crippen LogP contribution in [0.3, 0.4) is 0 Å². The summed E-state index contributed by atoms with van der Waals surface area (Å²) in [5, 5.41) is 8.77. The second kappa shape index (κ2) is 4.26. The van der Waals surface area contributed by atoms with Crippen molar-refractivity contribution < 1.29 is 9.53 Å². The number of rotatable bonds is 2. The van der Waals surface area contributed by atoms with Gasteiger partial charge in [-0.05, 0) is 19.9 Å². The van der Waals surface area contributed by atoms with E-state index in [0.717, 1.165) is 5.39 Å². The molecule has 0 amide bonds. The SMILES string of the molecule is CCOC(=O)c1c(C)nnc2ccccc12. The van der Waals surface area contributed by atoms with Crippen molar-refractivity contribution in [1.82, 2.24) is 10.2 Å². The van der Waals surface area contributed by atoms with Gasteiger partial charge in [0, 0.05) is 5.39 Å². The van der Waals surface area contributed by atoms with Crippen LogP contribution >= 0.6 is 0 Å². The van der Waals surface area contributed by atoms with Crippen LogP contribution in [0.25, 0.3) is 10.9 Å². The molecule has 1 heterocycles. The molecule has 0 aliphatic carbocycles. The third kappa shape index (κ3) is 1.74. The van der Waals surface area contributed by atoms with Crippen LogP contribution in [0.2, 0.25) is 0 Å². The number of nitrogens with zero attached hydrogens (tertiary/aromatic N) is 2. The monoisotopic (exact) mass is 216 g/mol. The first-order valence-electron chi connectivity index (χ1n) is 5.13. The molecule has 2 rings (SSSR count). The molecule has 0 bridgehead atoms.